The van der Waals surface area contributed by atoms with Gasteiger partial charge in [-0.15, -0.1) is 0 Å². The summed E-state index contributed by atoms with van der Waals surface area (Å²) in [6.45, 7) is 2.30. The highest BCUT2D eigenvalue weighted by Gasteiger charge is 2.39. The van der Waals surface area contributed by atoms with Crippen molar-refractivity contribution >= 4 is 5.91 Å². The van der Waals surface area contributed by atoms with E-state index in [4.69, 9.17) is 5.10 Å². The standard InChI is InChI=1S/C23H20F3N3O2/c1-12(30)28-7-6-20-18(11-28)22(13-2-4-14(24)5-3-13)27-29(20)23-17-8-15(25)9-19(26)16(17)10-21(23)31/h2-5,8-9,21,23,31H,6-7,10-11H2,1H3/t21-,23-/m1/s1. The maximum absolute atomic E-state index is 14.3. The van der Waals surface area contributed by atoms with E-state index in [0.717, 1.165) is 17.3 Å². The highest BCUT2D eigenvalue weighted by molar-refractivity contribution is 5.74. The van der Waals surface area contributed by atoms with Crippen molar-refractivity contribution in [3.05, 3.63) is 76.2 Å². The van der Waals surface area contributed by atoms with E-state index < -0.39 is 23.8 Å². The van der Waals surface area contributed by atoms with Crippen LogP contribution >= 0.6 is 0 Å². The van der Waals surface area contributed by atoms with Crippen molar-refractivity contribution in [1.29, 1.82) is 0 Å². The summed E-state index contributed by atoms with van der Waals surface area (Å²) in [5, 5.41) is 15.5. The van der Waals surface area contributed by atoms with Gasteiger partial charge in [-0.3, -0.25) is 9.48 Å². The Morgan fingerprint density at radius 1 is 1.10 bits per heavy atom. The molecule has 5 nitrogen and oxygen atoms in total. The van der Waals surface area contributed by atoms with Crippen molar-refractivity contribution in [3.8, 4) is 11.3 Å². The van der Waals surface area contributed by atoms with Gasteiger partial charge in [0.2, 0.25) is 5.91 Å². The zero-order chi connectivity index (χ0) is 21.9. The Balaban J connectivity index is 1.69. The number of rotatable bonds is 2. The van der Waals surface area contributed by atoms with Gasteiger partial charge in [0.25, 0.3) is 0 Å². The van der Waals surface area contributed by atoms with Crippen LogP contribution in [0.3, 0.4) is 0 Å². The number of benzene rings is 2. The monoisotopic (exact) mass is 427 g/mol. The van der Waals surface area contributed by atoms with Gasteiger partial charge >= 0.3 is 0 Å². The van der Waals surface area contributed by atoms with Crippen LogP contribution in [0.25, 0.3) is 11.3 Å². The van der Waals surface area contributed by atoms with Crippen LogP contribution in [0.1, 0.15) is 35.3 Å². The van der Waals surface area contributed by atoms with Gasteiger partial charge in [-0.1, -0.05) is 0 Å². The Morgan fingerprint density at radius 3 is 2.55 bits per heavy atom. The van der Waals surface area contributed by atoms with Crippen LogP contribution in [-0.4, -0.2) is 38.3 Å². The SMILES string of the molecule is CC(=O)N1CCc2c(c(-c3ccc(F)cc3)nn2[C@@H]2c3cc(F)cc(F)c3C[C@H]2O)C1. The summed E-state index contributed by atoms with van der Waals surface area (Å²) in [6, 6.07) is 7.19. The van der Waals surface area contributed by atoms with Crippen LogP contribution in [0.15, 0.2) is 36.4 Å². The number of hydrogen-bond donors (Lipinski definition) is 1. The van der Waals surface area contributed by atoms with Crippen LogP contribution in [0.5, 0.6) is 0 Å². The molecule has 1 aliphatic carbocycles. The molecule has 2 heterocycles. The molecule has 31 heavy (non-hydrogen) atoms. The number of aliphatic hydroxyl groups is 1. The Kier molecular flexibility index (Phi) is 4.62. The van der Waals surface area contributed by atoms with E-state index in [9.17, 15) is 23.1 Å². The predicted octanol–water partition coefficient (Wildman–Crippen LogP) is 3.38. The first kappa shape index (κ1) is 19.8. The molecule has 8 heteroatoms. The number of carbonyl (C=O) groups is 1. The normalized spacial score (nSPS) is 20.0. The van der Waals surface area contributed by atoms with Crippen LogP contribution in [0.2, 0.25) is 0 Å². The third kappa shape index (κ3) is 3.22. The number of aromatic nitrogens is 2. The molecule has 160 valence electrons. The number of amides is 1. The molecule has 1 aromatic heterocycles. The Hall–Kier alpha value is -3.13. The average molecular weight is 427 g/mol. The fourth-order valence-electron chi connectivity index (χ4n) is 4.71. The number of aliphatic hydroxyl groups excluding tert-OH is 1. The average Bonchev–Trinajstić information content (AvgIpc) is 3.25. The molecule has 0 spiro atoms. The van der Waals surface area contributed by atoms with Crippen LogP contribution in [-0.2, 0) is 24.2 Å². The maximum Gasteiger partial charge on any atom is 0.219 e. The van der Waals surface area contributed by atoms with Crippen molar-refractivity contribution < 1.29 is 23.1 Å². The van der Waals surface area contributed by atoms with Gasteiger partial charge in [-0.05, 0) is 41.5 Å². The number of halogens is 3. The largest absolute Gasteiger partial charge is 0.390 e. The Labute approximate surface area is 176 Å². The molecule has 0 unspecified atom stereocenters. The van der Waals surface area contributed by atoms with Crippen LogP contribution in [0, 0.1) is 17.5 Å². The highest BCUT2D eigenvalue weighted by atomic mass is 19.1. The fourth-order valence-corrected chi connectivity index (χ4v) is 4.71. The lowest BCUT2D eigenvalue weighted by Crippen LogP contribution is -2.35. The van der Waals surface area contributed by atoms with Crippen molar-refractivity contribution in [2.75, 3.05) is 6.54 Å². The molecule has 1 N–H and O–H groups in total. The molecular weight excluding hydrogens is 407 g/mol. The van der Waals surface area contributed by atoms with Gasteiger partial charge in [0.1, 0.15) is 23.5 Å². The minimum absolute atomic E-state index is 0.0617. The molecule has 1 amide bonds. The lowest BCUT2D eigenvalue weighted by atomic mass is 10.00. The van der Waals surface area contributed by atoms with Crippen molar-refractivity contribution in [2.24, 2.45) is 0 Å². The molecule has 0 fully saturated rings. The van der Waals surface area contributed by atoms with Crippen LogP contribution in [0.4, 0.5) is 13.2 Å². The van der Waals surface area contributed by atoms with E-state index in [1.165, 1.54) is 25.1 Å². The molecule has 0 saturated carbocycles. The van der Waals surface area contributed by atoms with Gasteiger partial charge in [-0.2, -0.15) is 5.10 Å². The number of hydrogen-bond acceptors (Lipinski definition) is 3. The van der Waals surface area contributed by atoms with Crippen molar-refractivity contribution in [2.45, 2.75) is 38.5 Å². The minimum atomic E-state index is -0.970. The smallest absolute Gasteiger partial charge is 0.219 e. The van der Waals surface area contributed by atoms with Gasteiger partial charge in [0.15, 0.2) is 0 Å². The van der Waals surface area contributed by atoms with Crippen molar-refractivity contribution in [1.82, 2.24) is 14.7 Å². The molecule has 3 aromatic rings. The van der Waals surface area contributed by atoms with Gasteiger partial charge in [-0.25, -0.2) is 13.2 Å². The van der Waals surface area contributed by atoms with Crippen molar-refractivity contribution in [3.63, 3.8) is 0 Å². The minimum Gasteiger partial charge on any atom is -0.390 e. The van der Waals surface area contributed by atoms with E-state index in [2.05, 4.69) is 0 Å². The number of carbonyl (C=O) groups excluding carboxylic acids is 1. The summed E-state index contributed by atoms with van der Waals surface area (Å²) >= 11 is 0. The first-order valence-electron chi connectivity index (χ1n) is 10.1. The second-order valence-electron chi connectivity index (χ2n) is 8.09. The van der Waals surface area contributed by atoms with E-state index in [1.807, 2.05) is 0 Å². The molecule has 0 saturated heterocycles. The van der Waals surface area contributed by atoms with Gasteiger partial charge < -0.3 is 10.0 Å². The van der Waals surface area contributed by atoms with Crippen LogP contribution < -0.4 is 0 Å². The summed E-state index contributed by atoms with van der Waals surface area (Å²) < 4.78 is 43.4. The van der Waals surface area contributed by atoms with E-state index >= 15 is 0 Å². The lowest BCUT2D eigenvalue weighted by molar-refractivity contribution is -0.129. The van der Waals surface area contributed by atoms with E-state index in [0.29, 0.717) is 36.3 Å². The molecule has 0 bridgehead atoms. The second kappa shape index (κ2) is 7.23. The molecule has 1 aliphatic heterocycles. The quantitative estimate of drug-likeness (QED) is 0.682. The zero-order valence-electron chi connectivity index (χ0n) is 16.8. The molecule has 2 aliphatic rings. The molecule has 0 radical (unpaired) electrons. The van der Waals surface area contributed by atoms with E-state index in [1.54, 1.807) is 21.7 Å². The summed E-state index contributed by atoms with van der Waals surface area (Å²) in [4.78, 5) is 13.7. The second-order valence-corrected chi connectivity index (χ2v) is 8.09. The predicted molar refractivity (Wildman–Crippen MR) is 107 cm³/mol. The molecule has 2 atom stereocenters. The summed E-state index contributed by atoms with van der Waals surface area (Å²) in [5.41, 5.74) is 3.49. The zero-order valence-corrected chi connectivity index (χ0v) is 16.8. The van der Waals surface area contributed by atoms with Gasteiger partial charge in [0, 0.05) is 55.7 Å². The molecule has 2 aromatic carbocycles. The third-order valence-electron chi connectivity index (χ3n) is 6.20. The highest BCUT2D eigenvalue weighted by Crippen LogP contribution is 2.40. The topological polar surface area (TPSA) is 58.4 Å². The Bertz CT molecular complexity index is 1190. The molecular formula is C23H20F3N3O2. The summed E-state index contributed by atoms with van der Waals surface area (Å²) in [7, 11) is 0. The summed E-state index contributed by atoms with van der Waals surface area (Å²) in [5.74, 6) is -1.84. The lowest BCUT2D eigenvalue weighted by Gasteiger charge is -2.28. The van der Waals surface area contributed by atoms with E-state index in [-0.39, 0.29) is 23.7 Å². The number of nitrogens with zero attached hydrogens (tertiary/aromatic N) is 3. The third-order valence-corrected chi connectivity index (χ3v) is 6.20. The summed E-state index contributed by atoms with van der Waals surface area (Å²) in [6.07, 6.45) is -0.423. The maximum atomic E-state index is 14.3. The fraction of sp³-hybridized carbons (Fsp3) is 0.304. The number of fused-ring (bicyclic) bond motifs is 2. The first-order chi connectivity index (χ1) is 14.8. The Morgan fingerprint density at radius 2 is 1.84 bits per heavy atom. The van der Waals surface area contributed by atoms with Gasteiger partial charge in [0.05, 0.1) is 11.8 Å². The molecule has 5 rings (SSSR count). The first-order valence-corrected chi connectivity index (χ1v) is 10.1.